The molecule has 0 spiro atoms. The van der Waals surface area contributed by atoms with Crippen LogP contribution in [0.2, 0.25) is 0 Å². The molecule has 82 valence electrons. The molecule has 2 N–H and O–H groups in total. The van der Waals surface area contributed by atoms with E-state index >= 15 is 0 Å². The summed E-state index contributed by atoms with van der Waals surface area (Å²) < 4.78 is 0. The lowest BCUT2D eigenvalue weighted by Crippen LogP contribution is -2.43. The Bertz CT molecular complexity index is 200. The van der Waals surface area contributed by atoms with E-state index in [-0.39, 0.29) is 11.8 Å². The standard InChI is InChI=1S/C10H19NO3/c1-4-7(5-2)9(12)11-8(6-3)10(13)14/h7-8H,4-6H2,1-3H3,(H,11,12)(H,13,14)/t8-/m0/s1. The molecule has 0 bridgehead atoms. The van der Waals surface area contributed by atoms with E-state index in [1.54, 1.807) is 6.92 Å². The lowest BCUT2D eigenvalue weighted by Gasteiger charge is -2.16. The maximum atomic E-state index is 11.5. The summed E-state index contributed by atoms with van der Waals surface area (Å²) in [5.41, 5.74) is 0. The second-order valence-electron chi connectivity index (χ2n) is 3.32. The van der Waals surface area contributed by atoms with Gasteiger partial charge in [0.25, 0.3) is 0 Å². The fraction of sp³-hybridized carbons (Fsp3) is 0.800. The van der Waals surface area contributed by atoms with Gasteiger partial charge in [0.1, 0.15) is 6.04 Å². The van der Waals surface area contributed by atoms with Crippen molar-refractivity contribution in [3.05, 3.63) is 0 Å². The minimum absolute atomic E-state index is 0.0663. The molecule has 14 heavy (non-hydrogen) atoms. The van der Waals surface area contributed by atoms with Gasteiger partial charge in [-0.2, -0.15) is 0 Å². The molecule has 0 heterocycles. The molecule has 0 aliphatic heterocycles. The molecule has 0 fully saturated rings. The number of carboxylic acids is 1. The zero-order chi connectivity index (χ0) is 11.1. The summed E-state index contributed by atoms with van der Waals surface area (Å²) in [6.45, 7) is 5.59. The third kappa shape index (κ3) is 3.77. The molecule has 0 aromatic rings. The molecule has 4 heteroatoms. The van der Waals surface area contributed by atoms with Crippen molar-refractivity contribution in [2.24, 2.45) is 5.92 Å². The Morgan fingerprint density at radius 2 is 1.64 bits per heavy atom. The monoisotopic (exact) mass is 201 g/mol. The van der Waals surface area contributed by atoms with E-state index in [9.17, 15) is 9.59 Å². The molecular weight excluding hydrogens is 182 g/mol. The first-order valence-electron chi connectivity index (χ1n) is 5.09. The quantitative estimate of drug-likeness (QED) is 0.682. The van der Waals surface area contributed by atoms with Crippen molar-refractivity contribution in [2.45, 2.75) is 46.1 Å². The Morgan fingerprint density at radius 3 is 1.93 bits per heavy atom. The van der Waals surface area contributed by atoms with Crippen LogP contribution in [0.15, 0.2) is 0 Å². The highest BCUT2D eigenvalue weighted by molar-refractivity contribution is 5.84. The molecule has 4 nitrogen and oxygen atoms in total. The lowest BCUT2D eigenvalue weighted by atomic mass is 10.0. The maximum absolute atomic E-state index is 11.5. The minimum atomic E-state index is -0.966. The number of carbonyl (C=O) groups excluding carboxylic acids is 1. The third-order valence-corrected chi connectivity index (χ3v) is 2.38. The predicted molar refractivity (Wildman–Crippen MR) is 53.9 cm³/mol. The van der Waals surface area contributed by atoms with Gasteiger partial charge in [0, 0.05) is 5.92 Å². The highest BCUT2D eigenvalue weighted by Gasteiger charge is 2.21. The number of hydrogen-bond donors (Lipinski definition) is 2. The van der Waals surface area contributed by atoms with E-state index in [2.05, 4.69) is 5.32 Å². The molecule has 0 radical (unpaired) electrons. The molecule has 1 atom stereocenters. The highest BCUT2D eigenvalue weighted by Crippen LogP contribution is 2.08. The van der Waals surface area contributed by atoms with E-state index in [0.717, 1.165) is 12.8 Å². The fourth-order valence-electron chi connectivity index (χ4n) is 1.29. The number of carboxylic acid groups (broad SMARTS) is 1. The van der Waals surface area contributed by atoms with Crippen LogP contribution >= 0.6 is 0 Å². The van der Waals surface area contributed by atoms with Crippen LogP contribution < -0.4 is 5.32 Å². The molecule has 0 aromatic heterocycles. The lowest BCUT2D eigenvalue weighted by molar-refractivity contribution is -0.142. The number of hydrogen-bond acceptors (Lipinski definition) is 2. The third-order valence-electron chi connectivity index (χ3n) is 2.38. The van der Waals surface area contributed by atoms with E-state index in [1.807, 2.05) is 13.8 Å². The molecule has 0 saturated heterocycles. The van der Waals surface area contributed by atoms with Crippen molar-refractivity contribution in [3.63, 3.8) is 0 Å². The first-order valence-corrected chi connectivity index (χ1v) is 5.09. The van der Waals surface area contributed by atoms with Gasteiger partial charge in [-0.1, -0.05) is 20.8 Å². The number of carbonyl (C=O) groups is 2. The van der Waals surface area contributed by atoms with Gasteiger partial charge in [0.2, 0.25) is 5.91 Å². The average molecular weight is 201 g/mol. The first kappa shape index (κ1) is 12.9. The Hall–Kier alpha value is -1.06. The van der Waals surface area contributed by atoms with Crippen LogP contribution in [0.1, 0.15) is 40.0 Å². The van der Waals surface area contributed by atoms with Crippen molar-refractivity contribution in [3.8, 4) is 0 Å². The van der Waals surface area contributed by atoms with E-state index in [0.29, 0.717) is 6.42 Å². The molecule has 0 rings (SSSR count). The van der Waals surface area contributed by atoms with E-state index < -0.39 is 12.0 Å². The summed E-state index contributed by atoms with van der Waals surface area (Å²) in [6.07, 6.45) is 1.91. The minimum Gasteiger partial charge on any atom is -0.480 e. The fourth-order valence-corrected chi connectivity index (χ4v) is 1.29. The summed E-state index contributed by atoms with van der Waals surface area (Å²) in [4.78, 5) is 22.2. The maximum Gasteiger partial charge on any atom is 0.326 e. The summed E-state index contributed by atoms with van der Waals surface area (Å²) >= 11 is 0. The van der Waals surface area contributed by atoms with Crippen LogP contribution in [0.3, 0.4) is 0 Å². The van der Waals surface area contributed by atoms with Crippen LogP contribution in [0.4, 0.5) is 0 Å². The van der Waals surface area contributed by atoms with E-state index in [4.69, 9.17) is 5.11 Å². The topological polar surface area (TPSA) is 66.4 Å². The Labute approximate surface area is 84.7 Å². The van der Waals surface area contributed by atoms with Crippen molar-refractivity contribution in [1.29, 1.82) is 0 Å². The van der Waals surface area contributed by atoms with Gasteiger partial charge < -0.3 is 10.4 Å². The second kappa shape index (κ2) is 6.40. The number of nitrogens with one attached hydrogen (secondary N) is 1. The van der Waals surface area contributed by atoms with Crippen molar-refractivity contribution < 1.29 is 14.7 Å². The largest absolute Gasteiger partial charge is 0.480 e. The molecule has 0 aliphatic carbocycles. The summed E-state index contributed by atoms with van der Waals surface area (Å²) in [5, 5.41) is 11.3. The van der Waals surface area contributed by atoms with Crippen LogP contribution in [-0.2, 0) is 9.59 Å². The van der Waals surface area contributed by atoms with Crippen LogP contribution in [-0.4, -0.2) is 23.0 Å². The molecule has 0 unspecified atom stereocenters. The summed E-state index contributed by atoms with van der Waals surface area (Å²) in [6, 6.07) is -0.747. The van der Waals surface area contributed by atoms with Crippen LogP contribution in [0.5, 0.6) is 0 Å². The summed E-state index contributed by atoms with van der Waals surface area (Å²) in [7, 11) is 0. The molecule has 0 aromatic carbocycles. The molecular formula is C10H19NO3. The Kier molecular flexibility index (Phi) is 5.92. The first-order chi connectivity index (χ1) is 6.56. The predicted octanol–water partition coefficient (Wildman–Crippen LogP) is 1.40. The van der Waals surface area contributed by atoms with Gasteiger partial charge in [0.05, 0.1) is 0 Å². The number of rotatable bonds is 6. The smallest absolute Gasteiger partial charge is 0.326 e. The van der Waals surface area contributed by atoms with Crippen molar-refractivity contribution in [2.75, 3.05) is 0 Å². The Balaban J connectivity index is 4.20. The number of aliphatic carboxylic acids is 1. The van der Waals surface area contributed by atoms with Crippen LogP contribution in [0, 0.1) is 5.92 Å². The molecule has 0 aliphatic rings. The van der Waals surface area contributed by atoms with Gasteiger partial charge >= 0.3 is 5.97 Å². The van der Waals surface area contributed by atoms with Gasteiger partial charge in [-0.3, -0.25) is 4.79 Å². The van der Waals surface area contributed by atoms with Gasteiger partial charge in [-0.05, 0) is 19.3 Å². The van der Waals surface area contributed by atoms with Gasteiger partial charge in [0.15, 0.2) is 0 Å². The highest BCUT2D eigenvalue weighted by atomic mass is 16.4. The Morgan fingerprint density at radius 1 is 1.14 bits per heavy atom. The number of amides is 1. The van der Waals surface area contributed by atoms with Crippen LogP contribution in [0.25, 0.3) is 0 Å². The summed E-state index contributed by atoms with van der Waals surface area (Å²) in [5.74, 6) is -1.18. The van der Waals surface area contributed by atoms with Gasteiger partial charge in [-0.25, -0.2) is 4.79 Å². The SMILES string of the molecule is CCC(CC)C(=O)N[C@@H](CC)C(=O)O. The van der Waals surface area contributed by atoms with E-state index in [1.165, 1.54) is 0 Å². The molecule has 1 amide bonds. The molecule has 0 saturated carbocycles. The zero-order valence-corrected chi connectivity index (χ0v) is 9.04. The average Bonchev–Trinajstić information content (AvgIpc) is 2.15. The van der Waals surface area contributed by atoms with Gasteiger partial charge in [-0.15, -0.1) is 0 Å². The zero-order valence-electron chi connectivity index (χ0n) is 9.04. The van der Waals surface area contributed by atoms with Crippen molar-refractivity contribution in [1.82, 2.24) is 5.32 Å². The normalized spacial score (nSPS) is 12.6. The van der Waals surface area contributed by atoms with Crippen molar-refractivity contribution >= 4 is 11.9 Å². The second-order valence-corrected chi connectivity index (χ2v) is 3.32.